The minimum absolute atomic E-state index is 0.509. The fourth-order valence-corrected chi connectivity index (χ4v) is 5.14. The first kappa shape index (κ1) is 36.9. The highest BCUT2D eigenvalue weighted by molar-refractivity contribution is 5.82. The van der Waals surface area contributed by atoms with Gasteiger partial charge in [0.1, 0.15) is 30.8 Å². The average Bonchev–Trinajstić information content (AvgIpc) is 2.90. The van der Waals surface area contributed by atoms with Gasteiger partial charge in [-0.25, -0.2) is 0 Å². The van der Waals surface area contributed by atoms with Gasteiger partial charge in [0.15, 0.2) is 30.7 Å². The summed E-state index contributed by atoms with van der Waals surface area (Å²) in [5.74, 6) is -11.4. The van der Waals surface area contributed by atoms with Gasteiger partial charge in [-0.2, -0.15) is 0 Å². The van der Waals surface area contributed by atoms with Gasteiger partial charge in [-0.3, -0.25) is 38.4 Å². The van der Waals surface area contributed by atoms with E-state index in [9.17, 15) is 43.5 Å². The molecule has 10 atom stereocenters. The van der Waals surface area contributed by atoms with E-state index in [0.29, 0.717) is 0 Å². The van der Waals surface area contributed by atoms with Crippen LogP contribution in [0.4, 0.5) is 0 Å². The Kier molecular flexibility index (Phi) is 13.2. The summed E-state index contributed by atoms with van der Waals surface area (Å²) in [6.45, 7) is 5.44. The molecule has 45 heavy (non-hydrogen) atoms. The summed E-state index contributed by atoms with van der Waals surface area (Å²) in [7, 11) is 0.964. The lowest BCUT2D eigenvalue weighted by Crippen LogP contribution is -2.66. The van der Waals surface area contributed by atoms with Gasteiger partial charge in [-0.1, -0.05) is 0 Å². The van der Waals surface area contributed by atoms with Crippen LogP contribution >= 0.6 is 0 Å². The Morgan fingerprint density at radius 1 is 0.644 bits per heavy atom. The number of hydrogen-bond acceptors (Lipinski definition) is 17. The van der Waals surface area contributed by atoms with E-state index in [1.54, 1.807) is 0 Å². The van der Waals surface area contributed by atoms with Crippen LogP contribution in [0, 0.1) is 11.8 Å². The molecule has 0 aromatic heterocycles. The lowest BCUT2D eigenvalue weighted by atomic mass is 9.73. The summed E-state index contributed by atoms with van der Waals surface area (Å²) < 4.78 is 48.5. The molecule has 0 unspecified atom stereocenters. The molecule has 1 aliphatic carbocycles. The number of carbonyl (C=O) groups is 8. The second kappa shape index (κ2) is 16.1. The molecule has 1 aliphatic heterocycles. The Balaban J connectivity index is 2.77. The van der Waals surface area contributed by atoms with Crippen LogP contribution in [0.5, 0.6) is 0 Å². The van der Waals surface area contributed by atoms with Gasteiger partial charge >= 0.3 is 47.8 Å². The monoisotopic (exact) mass is 648 g/mol. The van der Waals surface area contributed by atoms with Crippen molar-refractivity contribution in [1.29, 1.82) is 0 Å². The first-order chi connectivity index (χ1) is 21.0. The fraction of sp³-hybridized carbons (Fsp3) is 0.704. The third kappa shape index (κ3) is 10.1. The van der Waals surface area contributed by atoms with Crippen molar-refractivity contribution >= 4 is 47.8 Å². The second-order valence-electron chi connectivity index (χ2n) is 10.1. The molecular weight excluding hydrogens is 612 g/mol. The van der Waals surface area contributed by atoms with E-state index in [1.165, 1.54) is 0 Å². The molecule has 2 aliphatic rings. The highest BCUT2D eigenvalue weighted by atomic mass is 16.7. The summed E-state index contributed by atoms with van der Waals surface area (Å²) in [6.07, 6.45) is -13.9. The molecule has 18 nitrogen and oxygen atoms in total. The highest BCUT2D eigenvalue weighted by Crippen LogP contribution is 2.40. The van der Waals surface area contributed by atoms with E-state index in [2.05, 4.69) is 0 Å². The van der Waals surface area contributed by atoms with Crippen molar-refractivity contribution in [2.75, 3.05) is 13.7 Å². The minimum atomic E-state index is -1.91. The van der Waals surface area contributed by atoms with Gasteiger partial charge in [-0.05, 0) is 0 Å². The molecule has 2 fully saturated rings. The van der Waals surface area contributed by atoms with E-state index < -0.39 is 122 Å². The van der Waals surface area contributed by atoms with E-state index in [1.807, 2.05) is 0 Å². The van der Waals surface area contributed by atoms with Crippen molar-refractivity contribution in [2.45, 2.75) is 97.0 Å². The summed E-state index contributed by atoms with van der Waals surface area (Å²) in [5.41, 5.74) is 0. The molecule has 1 saturated heterocycles. The molecule has 1 saturated carbocycles. The van der Waals surface area contributed by atoms with Crippen molar-refractivity contribution in [3.8, 4) is 0 Å². The molecule has 2 rings (SSSR count). The van der Waals surface area contributed by atoms with Crippen molar-refractivity contribution in [2.24, 2.45) is 11.8 Å². The third-order valence-corrected chi connectivity index (χ3v) is 6.61. The zero-order valence-corrected chi connectivity index (χ0v) is 25.6. The molecule has 0 spiro atoms. The van der Waals surface area contributed by atoms with E-state index >= 15 is 0 Å². The lowest BCUT2D eigenvalue weighted by Gasteiger charge is -2.48. The summed E-state index contributed by atoms with van der Waals surface area (Å²) >= 11 is 0. The zero-order valence-electron chi connectivity index (χ0n) is 25.6. The lowest BCUT2D eigenvalue weighted by molar-refractivity contribution is -0.331. The number of esters is 7. The Morgan fingerprint density at radius 2 is 1.13 bits per heavy atom. The molecular formula is C27H36O18. The second-order valence-corrected chi connectivity index (χ2v) is 10.1. The number of carboxylic acid groups (broad SMARTS) is 1. The van der Waals surface area contributed by atoms with Crippen LogP contribution < -0.4 is 0 Å². The van der Waals surface area contributed by atoms with E-state index in [4.69, 9.17) is 42.6 Å². The predicted octanol–water partition coefficient (Wildman–Crippen LogP) is -0.788. The number of methoxy groups -OCH3 is 1. The van der Waals surface area contributed by atoms with Gasteiger partial charge < -0.3 is 47.7 Å². The zero-order chi connectivity index (χ0) is 34.2. The number of ether oxygens (including phenoxy) is 9. The van der Waals surface area contributed by atoms with Gasteiger partial charge in [0, 0.05) is 48.0 Å². The summed E-state index contributed by atoms with van der Waals surface area (Å²) in [4.78, 5) is 97.5. The van der Waals surface area contributed by atoms with E-state index in [-0.39, 0.29) is 0 Å². The molecule has 0 radical (unpaired) electrons. The molecule has 0 aromatic carbocycles. The normalized spacial score (nSPS) is 30.9. The Labute approximate surface area is 256 Å². The summed E-state index contributed by atoms with van der Waals surface area (Å²) in [6, 6.07) is 0. The van der Waals surface area contributed by atoms with Crippen LogP contribution in [0.1, 0.15) is 48.0 Å². The van der Waals surface area contributed by atoms with Gasteiger partial charge in [0.05, 0.1) is 13.0 Å². The van der Waals surface area contributed by atoms with Gasteiger partial charge in [-0.15, -0.1) is 0 Å². The van der Waals surface area contributed by atoms with Crippen molar-refractivity contribution in [1.82, 2.24) is 0 Å². The van der Waals surface area contributed by atoms with Crippen LogP contribution in [0.3, 0.4) is 0 Å². The molecule has 18 heteroatoms. The fourth-order valence-electron chi connectivity index (χ4n) is 5.14. The van der Waals surface area contributed by atoms with Gasteiger partial charge in [0.2, 0.25) is 0 Å². The van der Waals surface area contributed by atoms with Crippen LogP contribution in [0.15, 0.2) is 0 Å². The molecule has 0 aromatic rings. The van der Waals surface area contributed by atoms with Crippen LogP contribution in [0.2, 0.25) is 0 Å². The van der Waals surface area contributed by atoms with E-state index in [0.717, 1.165) is 48.7 Å². The predicted molar refractivity (Wildman–Crippen MR) is 139 cm³/mol. The smallest absolute Gasteiger partial charge is 0.312 e. The molecule has 0 amide bonds. The quantitative estimate of drug-likeness (QED) is 0.213. The molecule has 1 N–H and O–H groups in total. The largest absolute Gasteiger partial charge is 0.481 e. The SMILES string of the molecule is COC(=O)[C@H]1[C@@H](O[C@@H]2O[C@H](COC(C)=O)[C@@H](OC(C)=O)[C@H](OC(C)=O)[C@H]2OC(C)=O)[C@H](OC(C)=O)[C@H](OC(C)=O)C[C@H]1C(=O)O. The number of carboxylic acids is 1. The number of rotatable bonds is 11. The van der Waals surface area contributed by atoms with Crippen molar-refractivity contribution in [3.05, 3.63) is 0 Å². The number of carbonyl (C=O) groups excluding carboxylic acids is 7. The Hall–Kier alpha value is -4.32. The average molecular weight is 649 g/mol. The molecule has 252 valence electrons. The van der Waals surface area contributed by atoms with Crippen LogP contribution in [-0.4, -0.2) is 116 Å². The molecule has 1 heterocycles. The van der Waals surface area contributed by atoms with Crippen LogP contribution in [0.25, 0.3) is 0 Å². The topological polar surface area (TPSA) is 240 Å². The number of aliphatic carboxylic acids is 1. The maximum Gasteiger partial charge on any atom is 0.312 e. The third-order valence-electron chi connectivity index (χ3n) is 6.61. The first-order valence-corrected chi connectivity index (χ1v) is 13.6. The standard InChI is InChI=1S/C27H36O18/c1-10(28)38-9-18-21(41-13(4)31)23(42-14(5)32)24(43-15(6)33)27(44-18)45-22-19(26(36)37-7)16(25(34)35)8-17(39-11(2)29)20(22)40-12(3)30/h16-24,27H,8-9H2,1-7H3,(H,34,35)/t16-,17-,18-,19-,20-,21-,22-,23+,24-,27+/m1/s1. The maximum absolute atomic E-state index is 13.1. The molecule has 0 bridgehead atoms. The Morgan fingerprint density at radius 3 is 1.60 bits per heavy atom. The van der Waals surface area contributed by atoms with Crippen molar-refractivity contribution in [3.63, 3.8) is 0 Å². The van der Waals surface area contributed by atoms with Crippen LogP contribution in [-0.2, 0) is 81.0 Å². The maximum atomic E-state index is 13.1. The minimum Gasteiger partial charge on any atom is -0.481 e. The first-order valence-electron chi connectivity index (χ1n) is 13.6. The van der Waals surface area contributed by atoms with Gasteiger partial charge in [0.25, 0.3) is 0 Å². The summed E-state index contributed by atoms with van der Waals surface area (Å²) in [5, 5.41) is 10.0. The Bertz CT molecular complexity index is 1160. The highest BCUT2D eigenvalue weighted by Gasteiger charge is 2.59. The van der Waals surface area contributed by atoms with Crippen molar-refractivity contribution < 1.29 is 86.1 Å². The number of hydrogen-bond donors (Lipinski definition) is 1.